The highest BCUT2D eigenvalue weighted by atomic mass is 79.9. The maximum atomic E-state index is 5.66. The number of fused-ring (bicyclic) bond motifs is 1. The molecule has 76 valence electrons. The zero-order valence-electron chi connectivity index (χ0n) is 8.13. The molecule has 3 heteroatoms. The van der Waals surface area contributed by atoms with Gasteiger partial charge < -0.3 is 9.47 Å². The summed E-state index contributed by atoms with van der Waals surface area (Å²) in [5, 5.41) is 0. The molecule has 1 aromatic carbocycles. The lowest BCUT2D eigenvalue weighted by molar-refractivity contribution is 0.0318. The van der Waals surface area contributed by atoms with Crippen molar-refractivity contribution in [3.63, 3.8) is 0 Å². The van der Waals surface area contributed by atoms with E-state index in [4.69, 9.17) is 9.47 Å². The molecule has 2 nitrogen and oxygen atoms in total. The van der Waals surface area contributed by atoms with Gasteiger partial charge in [0.25, 0.3) is 0 Å². The second-order valence-corrected chi connectivity index (χ2v) is 4.18. The van der Waals surface area contributed by atoms with Gasteiger partial charge in [0.2, 0.25) is 0 Å². The third kappa shape index (κ3) is 1.93. The largest absolute Gasteiger partial charge is 0.493 e. The average Bonchev–Trinajstić information content (AvgIpc) is 2.19. The zero-order chi connectivity index (χ0) is 9.97. The first kappa shape index (κ1) is 9.99. The molecule has 1 atom stereocenters. The first-order valence-electron chi connectivity index (χ1n) is 4.85. The molecular formula is C11H13BrO2. The minimum atomic E-state index is 0.196. The Kier molecular flexibility index (Phi) is 3.08. The molecule has 0 saturated heterocycles. The van der Waals surface area contributed by atoms with E-state index in [1.165, 1.54) is 0 Å². The summed E-state index contributed by atoms with van der Waals surface area (Å²) in [6.07, 6.45) is 1.14. The Labute approximate surface area is 92.3 Å². The third-order valence-electron chi connectivity index (χ3n) is 2.32. The van der Waals surface area contributed by atoms with Gasteiger partial charge in [-0.25, -0.2) is 0 Å². The van der Waals surface area contributed by atoms with Gasteiger partial charge in [-0.15, -0.1) is 0 Å². The molecule has 14 heavy (non-hydrogen) atoms. The van der Waals surface area contributed by atoms with E-state index in [2.05, 4.69) is 22.0 Å². The summed E-state index contributed by atoms with van der Waals surface area (Å²) in [5.41, 5.74) is 1.16. The summed E-state index contributed by atoms with van der Waals surface area (Å²) < 4.78 is 12.3. The molecule has 1 heterocycles. The lowest BCUT2D eigenvalue weighted by Crippen LogP contribution is -2.16. The molecule has 2 rings (SSSR count). The number of hydrogen-bond acceptors (Lipinski definition) is 2. The minimum absolute atomic E-state index is 0.196. The van der Waals surface area contributed by atoms with Crippen LogP contribution in [0.5, 0.6) is 5.75 Å². The highest BCUT2D eigenvalue weighted by molar-refractivity contribution is 9.10. The van der Waals surface area contributed by atoms with Gasteiger partial charge in [-0.05, 0) is 25.1 Å². The number of halogens is 1. The van der Waals surface area contributed by atoms with Crippen LogP contribution in [-0.4, -0.2) is 13.2 Å². The van der Waals surface area contributed by atoms with Crippen LogP contribution in [0.2, 0.25) is 0 Å². The van der Waals surface area contributed by atoms with Gasteiger partial charge in [-0.3, -0.25) is 0 Å². The standard InChI is InChI=1S/C11H13BrO2/c1-2-13-11-5-6-14-10-4-3-8(12)7-9(10)11/h3-4,7,11H,2,5-6H2,1H3. The van der Waals surface area contributed by atoms with E-state index >= 15 is 0 Å². The van der Waals surface area contributed by atoms with Crippen LogP contribution >= 0.6 is 15.9 Å². The van der Waals surface area contributed by atoms with Crippen LogP contribution in [0.3, 0.4) is 0 Å². The van der Waals surface area contributed by atoms with E-state index in [1.54, 1.807) is 0 Å². The molecular weight excluding hydrogens is 244 g/mol. The van der Waals surface area contributed by atoms with Crippen LogP contribution in [0.25, 0.3) is 0 Å². The van der Waals surface area contributed by atoms with Gasteiger partial charge in [-0.2, -0.15) is 0 Å². The lowest BCUT2D eigenvalue weighted by atomic mass is 10.0. The van der Waals surface area contributed by atoms with E-state index < -0.39 is 0 Å². The van der Waals surface area contributed by atoms with E-state index in [0.29, 0.717) is 0 Å². The second-order valence-electron chi connectivity index (χ2n) is 3.26. The Morgan fingerprint density at radius 3 is 3.21 bits per heavy atom. The Morgan fingerprint density at radius 1 is 1.57 bits per heavy atom. The van der Waals surface area contributed by atoms with Gasteiger partial charge >= 0.3 is 0 Å². The van der Waals surface area contributed by atoms with Gasteiger partial charge in [0, 0.05) is 23.1 Å². The molecule has 1 unspecified atom stereocenters. The summed E-state index contributed by atoms with van der Waals surface area (Å²) in [6.45, 7) is 3.52. The molecule has 1 aromatic rings. The number of hydrogen-bond donors (Lipinski definition) is 0. The van der Waals surface area contributed by atoms with Crippen molar-refractivity contribution in [3.05, 3.63) is 28.2 Å². The van der Waals surface area contributed by atoms with Gasteiger partial charge in [0.1, 0.15) is 5.75 Å². The van der Waals surface area contributed by atoms with E-state index in [1.807, 2.05) is 19.1 Å². The number of benzene rings is 1. The molecule has 0 radical (unpaired) electrons. The smallest absolute Gasteiger partial charge is 0.125 e. The van der Waals surface area contributed by atoms with Crippen molar-refractivity contribution in [3.8, 4) is 5.75 Å². The first-order chi connectivity index (χ1) is 6.81. The average molecular weight is 257 g/mol. The first-order valence-corrected chi connectivity index (χ1v) is 5.64. The molecule has 0 bridgehead atoms. The second kappa shape index (κ2) is 4.32. The third-order valence-corrected chi connectivity index (χ3v) is 2.82. The van der Waals surface area contributed by atoms with Crippen LogP contribution in [0.15, 0.2) is 22.7 Å². The van der Waals surface area contributed by atoms with Gasteiger partial charge in [0.05, 0.1) is 12.7 Å². The Balaban J connectivity index is 2.32. The highest BCUT2D eigenvalue weighted by Gasteiger charge is 2.21. The summed E-state index contributed by atoms with van der Waals surface area (Å²) in [6, 6.07) is 6.06. The molecule has 0 fully saturated rings. The Morgan fingerprint density at radius 2 is 2.43 bits per heavy atom. The van der Waals surface area contributed by atoms with Crippen molar-refractivity contribution < 1.29 is 9.47 Å². The monoisotopic (exact) mass is 256 g/mol. The summed E-state index contributed by atoms with van der Waals surface area (Å²) in [4.78, 5) is 0. The fourth-order valence-corrected chi connectivity index (χ4v) is 2.09. The van der Waals surface area contributed by atoms with E-state index in [0.717, 1.165) is 35.4 Å². The van der Waals surface area contributed by atoms with Crippen LogP contribution < -0.4 is 4.74 Å². The zero-order valence-corrected chi connectivity index (χ0v) is 9.71. The van der Waals surface area contributed by atoms with Gasteiger partial charge in [0.15, 0.2) is 0 Å². The van der Waals surface area contributed by atoms with E-state index in [-0.39, 0.29) is 6.10 Å². The highest BCUT2D eigenvalue weighted by Crippen LogP contribution is 2.35. The maximum absolute atomic E-state index is 5.66. The normalized spacial score (nSPS) is 20.0. The maximum Gasteiger partial charge on any atom is 0.125 e. The van der Waals surface area contributed by atoms with Crippen LogP contribution in [0.1, 0.15) is 25.0 Å². The molecule has 0 N–H and O–H groups in total. The van der Waals surface area contributed by atoms with Gasteiger partial charge in [-0.1, -0.05) is 15.9 Å². The fourth-order valence-electron chi connectivity index (χ4n) is 1.71. The molecule has 1 aliphatic rings. The molecule has 0 aliphatic carbocycles. The molecule has 1 aliphatic heterocycles. The van der Waals surface area contributed by atoms with Crippen LogP contribution in [0, 0.1) is 0 Å². The number of ether oxygens (including phenoxy) is 2. The van der Waals surface area contributed by atoms with Crippen molar-refractivity contribution in [1.29, 1.82) is 0 Å². The van der Waals surface area contributed by atoms with Crippen molar-refractivity contribution in [2.45, 2.75) is 19.4 Å². The van der Waals surface area contributed by atoms with Crippen molar-refractivity contribution >= 4 is 15.9 Å². The summed E-state index contributed by atoms with van der Waals surface area (Å²) in [7, 11) is 0. The summed E-state index contributed by atoms with van der Waals surface area (Å²) >= 11 is 3.46. The van der Waals surface area contributed by atoms with Crippen molar-refractivity contribution in [2.24, 2.45) is 0 Å². The minimum Gasteiger partial charge on any atom is -0.493 e. The van der Waals surface area contributed by atoms with Crippen LogP contribution in [0.4, 0.5) is 0 Å². The number of rotatable bonds is 2. The Hall–Kier alpha value is -0.540. The van der Waals surface area contributed by atoms with E-state index in [9.17, 15) is 0 Å². The Bertz CT molecular complexity index is 325. The predicted octanol–water partition coefficient (Wildman–Crippen LogP) is 3.31. The topological polar surface area (TPSA) is 18.5 Å². The molecule has 0 amide bonds. The quantitative estimate of drug-likeness (QED) is 0.809. The fraction of sp³-hybridized carbons (Fsp3) is 0.455. The predicted molar refractivity (Wildman–Crippen MR) is 58.6 cm³/mol. The SMILES string of the molecule is CCOC1CCOc2ccc(Br)cc21. The van der Waals surface area contributed by atoms with Crippen LogP contribution in [-0.2, 0) is 4.74 Å². The summed E-state index contributed by atoms with van der Waals surface area (Å²) in [5.74, 6) is 0.956. The molecule has 0 aromatic heterocycles. The molecule has 0 saturated carbocycles. The van der Waals surface area contributed by atoms with Crippen molar-refractivity contribution in [1.82, 2.24) is 0 Å². The lowest BCUT2D eigenvalue weighted by Gasteiger charge is -2.25. The van der Waals surface area contributed by atoms with Crippen molar-refractivity contribution in [2.75, 3.05) is 13.2 Å². The molecule has 0 spiro atoms.